The lowest BCUT2D eigenvalue weighted by molar-refractivity contribution is -0.138. The molecule has 186 valence electrons. The van der Waals surface area contributed by atoms with Crippen LogP contribution < -0.4 is 5.32 Å². The van der Waals surface area contributed by atoms with Crippen LogP contribution in [0.25, 0.3) is 0 Å². The Balaban J connectivity index is 1.48. The first-order chi connectivity index (χ1) is 17.3. The van der Waals surface area contributed by atoms with Crippen LogP contribution in [0.5, 0.6) is 0 Å². The van der Waals surface area contributed by atoms with E-state index in [1.807, 2.05) is 48.5 Å². The van der Waals surface area contributed by atoms with Crippen molar-refractivity contribution in [2.75, 3.05) is 11.9 Å². The molecule has 3 aromatic rings. The van der Waals surface area contributed by atoms with Crippen LogP contribution in [-0.2, 0) is 23.8 Å². The lowest BCUT2D eigenvalue weighted by Gasteiger charge is -2.41. The minimum absolute atomic E-state index is 0.233. The Labute approximate surface area is 208 Å². The number of hydrogen-bond donors (Lipinski definition) is 1. The first-order valence-corrected chi connectivity index (χ1v) is 12.3. The number of piperidine rings is 1. The highest BCUT2D eigenvalue weighted by atomic mass is 19.4. The van der Waals surface area contributed by atoms with Gasteiger partial charge in [0.15, 0.2) is 0 Å². The van der Waals surface area contributed by atoms with E-state index in [0.29, 0.717) is 18.5 Å². The molecule has 4 nitrogen and oxygen atoms in total. The van der Waals surface area contributed by atoms with Crippen molar-refractivity contribution in [1.82, 2.24) is 4.90 Å². The number of nitrogens with one attached hydrogen (secondary N) is 1. The number of carbonyl (C=O) groups excluding carboxylic acids is 2. The molecule has 0 bridgehead atoms. The molecule has 0 saturated carbocycles. The summed E-state index contributed by atoms with van der Waals surface area (Å²) in [6.07, 6.45) is -0.488. The van der Waals surface area contributed by atoms with Crippen LogP contribution in [0.1, 0.15) is 57.9 Å². The van der Waals surface area contributed by atoms with Crippen molar-refractivity contribution in [2.24, 2.45) is 5.92 Å². The van der Waals surface area contributed by atoms with Gasteiger partial charge < -0.3 is 10.2 Å². The van der Waals surface area contributed by atoms with Crippen molar-refractivity contribution in [3.63, 3.8) is 0 Å². The van der Waals surface area contributed by atoms with E-state index in [4.69, 9.17) is 0 Å². The number of nitrogens with zero attached hydrogens (tertiary/aromatic N) is 1. The molecular weight excluding hydrogens is 465 g/mol. The minimum atomic E-state index is -4.66. The van der Waals surface area contributed by atoms with Gasteiger partial charge in [-0.3, -0.25) is 9.59 Å². The number of carbonyl (C=O) groups is 2. The molecule has 1 fully saturated rings. The normalized spacial score (nSPS) is 19.6. The second-order valence-electron chi connectivity index (χ2n) is 9.47. The molecule has 2 amide bonds. The molecule has 5 rings (SSSR count). The number of hydrogen-bond acceptors (Lipinski definition) is 2. The molecule has 0 unspecified atom stereocenters. The molecule has 36 heavy (non-hydrogen) atoms. The van der Waals surface area contributed by atoms with Gasteiger partial charge in [0, 0.05) is 12.2 Å². The number of fused-ring (bicyclic) bond motifs is 1. The third-order valence-electron chi connectivity index (χ3n) is 7.20. The highest BCUT2D eigenvalue weighted by Crippen LogP contribution is 2.40. The van der Waals surface area contributed by atoms with Gasteiger partial charge in [-0.2, -0.15) is 13.2 Å². The Kier molecular flexibility index (Phi) is 6.56. The number of benzene rings is 3. The first kappa shape index (κ1) is 24.1. The lowest BCUT2D eigenvalue weighted by atomic mass is 9.83. The average Bonchev–Trinajstić information content (AvgIpc) is 3.36. The average molecular weight is 493 g/mol. The van der Waals surface area contributed by atoms with Crippen molar-refractivity contribution in [3.8, 4) is 0 Å². The van der Waals surface area contributed by atoms with Crippen molar-refractivity contribution >= 4 is 17.5 Å². The number of alkyl halides is 3. The van der Waals surface area contributed by atoms with Crippen LogP contribution in [0.3, 0.4) is 0 Å². The van der Waals surface area contributed by atoms with Crippen LogP contribution in [-0.4, -0.2) is 23.3 Å². The number of likely N-dealkylation sites (tertiary alicyclic amines) is 1. The zero-order valence-electron chi connectivity index (χ0n) is 19.7. The van der Waals surface area contributed by atoms with E-state index in [-0.39, 0.29) is 12.5 Å². The van der Waals surface area contributed by atoms with Crippen LogP contribution in [0.2, 0.25) is 0 Å². The van der Waals surface area contributed by atoms with Crippen LogP contribution in [0.15, 0.2) is 72.8 Å². The largest absolute Gasteiger partial charge is 0.417 e. The Morgan fingerprint density at radius 2 is 1.58 bits per heavy atom. The predicted molar refractivity (Wildman–Crippen MR) is 131 cm³/mol. The molecular formula is C29H27F3N2O2. The van der Waals surface area contributed by atoms with Crippen molar-refractivity contribution in [1.29, 1.82) is 0 Å². The second kappa shape index (κ2) is 9.80. The van der Waals surface area contributed by atoms with Crippen LogP contribution in [0.4, 0.5) is 18.9 Å². The summed E-state index contributed by atoms with van der Waals surface area (Å²) in [5.74, 6) is -1.55. The maximum absolute atomic E-state index is 13.7. The summed E-state index contributed by atoms with van der Waals surface area (Å²) >= 11 is 0. The summed E-state index contributed by atoms with van der Waals surface area (Å²) in [7, 11) is 0. The van der Waals surface area contributed by atoms with E-state index in [2.05, 4.69) is 5.32 Å². The van der Waals surface area contributed by atoms with E-state index in [9.17, 15) is 22.8 Å². The maximum atomic E-state index is 13.7. The molecule has 1 saturated heterocycles. The number of rotatable bonds is 4. The van der Waals surface area contributed by atoms with Gasteiger partial charge in [0.1, 0.15) is 0 Å². The van der Waals surface area contributed by atoms with Gasteiger partial charge in [-0.05, 0) is 73.1 Å². The molecule has 0 aromatic heterocycles. The molecule has 0 radical (unpaired) electrons. The summed E-state index contributed by atoms with van der Waals surface area (Å²) in [5, 5.41) is 3.02. The van der Waals surface area contributed by atoms with Gasteiger partial charge in [0.2, 0.25) is 5.91 Å². The topological polar surface area (TPSA) is 49.4 Å². The fourth-order valence-electron chi connectivity index (χ4n) is 5.52. The summed E-state index contributed by atoms with van der Waals surface area (Å²) < 4.78 is 41.1. The Morgan fingerprint density at radius 1 is 0.861 bits per heavy atom. The van der Waals surface area contributed by atoms with E-state index < -0.39 is 35.2 Å². The van der Waals surface area contributed by atoms with E-state index in [1.165, 1.54) is 34.2 Å². The molecule has 1 N–H and O–H groups in total. The van der Waals surface area contributed by atoms with Gasteiger partial charge in [0.25, 0.3) is 5.91 Å². The van der Waals surface area contributed by atoms with Gasteiger partial charge in [-0.25, -0.2) is 0 Å². The maximum Gasteiger partial charge on any atom is 0.417 e. The molecule has 1 heterocycles. The quantitative estimate of drug-likeness (QED) is 0.457. The van der Waals surface area contributed by atoms with Gasteiger partial charge >= 0.3 is 6.18 Å². The standard InChI is InChI=1S/C29H27F3N2O2/c30-29(31,32)25-14-5-4-12-23(25)28(36)34-17-7-13-24(26(34)20-8-2-1-3-9-20)27(35)33-22-16-15-19-10-6-11-21(19)18-22/h1-5,8-9,12,14-16,18,24,26H,6-7,10-11,13,17H2,(H,33,35)/t24-,26-/m0/s1. The molecule has 1 aliphatic carbocycles. The molecule has 2 aliphatic rings. The highest BCUT2D eigenvalue weighted by molar-refractivity contribution is 5.98. The monoisotopic (exact) mass is 492 g/mol. The van der Waals surface area contributed by atoms with Crippen LogP contribution >= 0.6 is 0 Å². The Bertz CT molecular complexity index is 1270. The highest BCUT2D eigenvalue weighted by Gasteiger charge is 2.42. The third kappa shape index (κ3) is 4.74. The number of halogens is 3. The lowest BCUT2D eigenvalue weighted by Crippen LogP contribution is -2.46. The zero-order valence-corrected chi connectivity index (χ0v) is 19.7. The molecule has 7 heteroatoms. The predicted octanol–water partition coefficient (Wildman–Crippen LogP) is 6.43. The fraction of sp³-hybridized carbons (Fsp3) is 0.310. The molecule has 2 atom stereocenters. The SMILES string of the molecule is O=C(Nc1ccc2c(c1)CCC2)[C@H]1CCCN(C(=O)c2ccccc2C(F)(F)F)[C@H]1c1ccccc1. The Morgan fingerprint density at radius 3 is 2.36 bits per heavy atom. The summed E-state index contributed by atoms with van der Waals surface area (Å²) in [6, 6.07) is 19.2. The third-order valence-corrected chi connectivity index (χ3v) is 7.20. The first-order valence-electron chi connectivity index (χ1n) is 12.3. The van der Waals surface area contributed by atoms with E-state index >= 15 is 0 Å². The number of amides is 2. The number of aryl methyl sites for hydroxylation is 2. The van der Waals surface area contributed by atoms with Gasteiger partial charge in [-0.15, -0.1) is 0 Å². The van der Waals surface area contributed by atoms with Crippen molar-refractivity contribution < 1.29 is 22.8 Å². The smallest absolute Gasteiger partial charge is 0.331 e. The number of anilines is 1. The molecule has 3 aromatic carbocycles. The van der Waals surface area contributed by atoms with Gasteiger partial charge in [-0.1, -0.05) is 48.5 Å². The minimum Gasteiger partial charge on any atom is -0.331 e. The molecule has 0 spiro atoms. The molecule has 1 aliphatic heterocycles. The van der Waals surface area contributed by atoms with Crippen molar-refractivity contribution in [2.45, 2.75) is 44.3 Å². The fourth-order valence-corrected chi connectivity index (χ4v) is 5.52. The summed E-state index contributed by atoms with van der Waals surface area (Å²) in [4.78, 5) is 28.6. The summed E-state index contributed by atoms with van der Waals surface area (Å²) in [6.45, 7) is 0.271. The van der Waals surface area contributed by atoms with Crippen LogP contribution in [0, 0.1) is 5.92 Å². The van der Waals surface area contributed by atoms with Gasteiger partial charge in [0.05, 0.1) is 23.1 Å². The van der Waals surface area contributed by atoms with Crippen molar-refractivity contribution in [3.05, 3.63) is 101 Å². The van der Waals surface area contributed by atoms with E-state index in [1.54, 1.807) is 0 Å². The summed E-state index contributed by atoms with van der Waals surface area (Å²) in [5.41, 5.74) is 2.60. The van der Waals surface area contributed by atoms with E-state index in [0.717, 1.165) is 30.9 Å². The Hall–Kier alpha value is -3.61. The second-order valence-corrected chi connectivity index (χ2v) is 9.47. The zero-order chi connectivity index (χ0) is 25.3.